The molecule has 5 rings (SSSR count). The van der Waals surface area contributed by atoms with Crippen LogP contribution >= 0.6 is 22.9 Å². The minimum absolute atomic E-state index is 0.0983. The van der Waals surface area contributed by atoms with Gasteiger partial charge in [-0.05, 0) is 54.4 Å². The highest BCUT2D eigenvalue weighted by Crippen LogP contribution is 2.44. The van der Waals surface area contributed by atoms with Crippen molar-refractivity contribution in [2.45, 2.75) is 25.8 Å². The maximum Gasteiger partial charge on any atom is 0.337 e. The van der Waals surface area contributed by atoms with Crippen molar-refractivity contribution in [1.29, 1.82) is 0 Å². The van der Waals surface area contributed by atoms with E-state index >= 15 is 0 Å². The van der Waals surface area contributed by atoms with Crippen LogP contribution in [-0.2, 0) is 14.3 Å². The molecule has 0 radical (unpaired) electrons. The zero-order valence-corrected chi connectivity index (χ0v) is 23.3. The second-order valence-electron chi connectivity index (χ2n) is 9.12. The molecule has 1 aliphatic heterocycles. The van der Waals surface area contributed by atoms with Crippen LogP contribution in [0.2, 0.25) is 5.02 Å². The molecule has 1 N–H and O–H groups in total. The third kappa shape index (κ3) is 5.17. The smallest absolute Gasteiger partial charge is 0.337 e. The van der Waals surface area contributed by atoms with Gasteiger partial charge in [0.05, 0.1) is 41.1 Å². The number of hydrogen-bond acceptors (Lipinski definition) is 8. The number of aliphatic hydroxyl groups is 1. The van der Waals surface area contributed by atoms with Crippen molar-refractivity contribution in [3.05, 3.63) is 94.0 Å². The van der Waals surface area contributed by atoms with E-state index in [1.165, 1.54) is 23.3 Å². The van der Waals surface area contributed by atoms with E-state index in [9.17, 15) is 19.5 Å². The fraction of sp³-hybridized carbons (Fsp3) is 0.200. The van der Waals surface area contributed by atoms with Crippen molar-refractivity contribution in [2.75, 3.05) is 18.6 Å². The van der Waals surface area contributed by atoms with Crippen LogP contribution < -0.4 is 9.64 Å². The maximum atomic E-state index is 13.5. The number of unbranched alkanes of at least 4 members (excludes halogenated alkanes) is 1. The zero-order chi connectivity index (χ0) is 28.4. The van der Waals surface area contributed by atoms with Crippen molar-refractivity contribution in [3.63, 3.8) is 0 Å². The number of aromatic nitrogens is 1. The predicted molar refractivity (Wildman–Crippen MR) is 154 cm³/mol. The monoisotopic (exact) mass is 576 g/mol. The van der Waals surface area contributed by atoms with Crippen LogP contribution in [-0.4, -0.2) is 41.5 Å². The summed E-state index contributed by atoms with van der Waals surface area (Å²) in [7, 11) is 1.28. The van der Waals surface area contributed by atoms with Gasteiger partial charge in [0.2, 0.25) is 0 Å². The van der Waals surface area contributed by atoms with Gasteiger partial charge in [0.15, 0.2) is 5.13 Å². The number of nitrogens with zero attached hydrogens (tertiary/aromatic N) is 2. The first kappa shape index (κ1) is 27.4. The molecule has 1 atom stereocenters. The molecule has 204 valence electrons. The van der Waals surface area contributed by atoms with Gasteiger partial charge in [-0.15, -0.1) is 0 Å². The zero-order valence-electron chi connectivity index (χ0n) is 21.7. The Hall–Kier alpha value is -4.21. The third-order valence-corrected chi connectivity index (χ3v) is 7.76. The van der Waals surface area contributed by atoms with Gasteiger partial charge in [-0.3, -0.25) is 14.5 Å². The van der Waals surface area contributed by atoms with E-state index in [2.05, 4.69) is 11.9 Å². The summed E-state index contributed by atoms with van der Waals surface area (Å²) in [5.41, 5.74) is 1.65. The number of thiazole rings is 1. The van der Waals surface area contributed by atoms with Gasteiger partial charge in [-0.25, -0.2) is 9.78 Å². The molecule has 1 fully saturated rings. The van der Waals surface area contributed by atoms with Gasteiger partial charge in [-0.2, -0.15) is 0 Å². The first-order chi connectivity index (χ1) is 19.3. The molecule has 1 unspecified atom stereocenters. The molecule has 1 saturated heterocycles. The molecule has 1 amide bonds. The molecular formula is C30H25ClN2O6S. The minimum Gasteiger partial charge on any atom is -0.507 e. The summed E-state index contributed by atoms with van der Waals surface area (Å²) in [5, 5.41) is 12.3. The van der Waals surface area contributed by atoms with Crippen LogP contribution in [0.15, 0.2) is 72.3 Å². The molecule has 4 aromatic rings. The van der Waals surface area contributed by atoms with Gasteiger partial charge in [0, 0.05) is 10.6 Å². The van der Waals surface area contributed by atoms with E-state index < -0.39 is 23.7 Å². The summed E-state index contributed by atoms with van der Waals surface area (Å²) in [5.74, 6) is -2.01. The summed E-state index contributed by atoms with van der Waals surface area (Å²) in [6.07, 6.45) is 1.84. The number of anilines is 1. The van der Waals surface area contributed by atoms with Crippen molar-refractivity contribution in [1.82, 2.24) is 4.98 Å². The van der Waals surface area contributed by atoms with Crippen LogP contribution in [0.4, 0.5) is 5.13 Å². The number of fused-ring (bicyclic) bond motifs is 1. The van der Waals surface area contributed by atoms with Crippen LogP contribution in [0.25, 0.3) is 16.0 Å². The number of ether oxygens (including phenoxy) is 2. The maximum absolute atomic E-state index is 13.5. The normalized spacial score (nSPS) is 16.5. The number of benzene rings is 3. The number of rotatable bonds is 8. The molecule has 2 heterocycles. The number of Topliss-reactive ketones (excluding diaryl/α,β-unsaturated/α-hetero) is 1. The van der Waals surface area contributed by atoms with E-state index in [1.54, 1.807) is 66.7 Å². The van der Waals surface area contributed by atoms with E-state index in [0.29, 0.717) is 39.6 Å². The second kappa shape index (κ2) is 11.5. The highest BCUT2D eigenvalue weighted by atomic mass is 35.5. The van der Waals surface area contributed by atoms with Gasteiger partial charge >= 0.3 is 11.9 Å². The highest BCUT2D eigenvalue weighted by molar-refractivity contribution is 7.22. The Morgan fingerprint density at radius 1 is 1.07 bits per heavy atom. The fourth-order valence-electron chi connectivity index (χ4n) is 4.48. The number of halogens is 1. The molecule has 40 heavy (non-hydrogen) atoms. The number of carbonyl (C=O) groups is 3. The molecule has 8 nitrogen and oxygen atoms in total. The Bertz CT molecular complexity index is 1650. The molecule has 1 aromatic heterocycles. The van der Waals surface area contributed by atoms with Crippen molar-refractivity contribution < 1.29 is 29.0 Å². The standard InChI is InChI=1S/C30H25ClN2O6S/c1-3-4-14-39-21-7-5-6-19(15-21)26(34)24-25(17-8-10-18(11-9-17)29(37)38-2)33(28(36)27(24)35)30-32-22-13-12-20(31)16-23(22)40-30/h5-13,15-16,25,34H,3-4,14H2,1-2H3/b26-24+. The number of aliphatic hydroxyl groups excluding tert-OH is 1. The van der Waals surface area contributed by atoms with E-state index in [-0.39, 0.29) is 16.5 Å². The van der Waals surface area contributed by atoms with Crippen molar-refractivity contribution in [3.8, 4) is 5.75 Å². The van der Waals surface area contributed by atoms with Gasteiger partial charge in [0.25, 0.3) is 5.78 Å². The van der Waals surface area contributed by atoms with Crippen LogP contribution in [0.5, 0.6) is 5.75 Å². The largest absolute Gasteiger partial charge is 0.507 e. The Morgan fingerprint density at radius 2 is 1.85 bits per heavy atom. The SMILES string of the molecule is CCCCOc1cccc(/C(O)=C2\C(=O)C(=O)N(c3nc4ccc(Cl)cc4s3)C2c2ccc(C(=O)OC)cc2)c1. The molecule has 0 aliphatic carbocycles. The lowest BCUT2D eigenvalue weighted by molar-refractivity contribution is -0.132. The summed E-state index contributed by atoms with van der Waals surface area (Å²) in [6, 6.07) is 17.2. The topological polar surface area (TPSA) is 106 Å². The first-order valence-electron chi connectivity index (χ1n) is 12.6. The number of esters is 1. The molecular weight excluding hydrogens is 552 g/mol. The molecule has 0 bridgehead atoms. The number of methoxy groups -OCH3 is 1. The third-order valence-electron chi connectivity index (χ3n) is 6.51. The Balaban J connectivity index is 1.65. The van der Waals surface area contributed by atoms with Gasteiger partial charge in [-0.1, -0.05) is 60.5 Å². The molecule has 10 heteroatoms. The number of ketones is 1. The molecule has 1 aliphatic rings. The van der Waals surface area contributed by atoms with Crippen LogP contribution in [0, 0.1) is 0 Å². The second-order valence-corrected chi connectivity index (χ2v) is 10.6. The van der Waals surface area contributed by atoms with E-state index in [1.807, 2.05) is 0 Å². The Morgan fingerprint density at radius 3 is 2.58 bits per heavy atom. The number of carbonyl (C=O) groups excluding carboxylic acids is 3. The van der Waals surface area contributed by atoms with Gasteiger partial charge < -0.3 is 14.6 Å². The number of amides is 1. The molecule has 3 aromatic carbocycles. The summed E-state index contributed by atoms with van der Waals surface area (Å²) in [6.45, 7) is 2.57. The first-order valence-corrected chi connectivity index (χ1v) is 13.8. The fourth-order valence-corrected chi connectivity index (χ4v) is 5.75. The van der Waals surface area contributed by atoms with E-state index in [0.717, 1.165) is 17.5 Å². The highest BCUT2D eigenvalue weighted by Gasteiger charge is 2.48. The Kier molecular flexibility index (Phi) is 7.86. The molecule has 0 saturated carbocycles. The lowest BCUT2D eigenvalue weighted by Gasteiger charge is -2.23. The lowest BCUT2D eigenvalue weighted by Crippen LogP contribution is -2.29. The number of hydrogen-bond donors (Lipinski definition) is 1. The quantitative estimate of drug-likeness (QED) is 0.0834. The summed E-state index contributed by atoms with van der Waals surface area (Å²) >= 11 is 7.36. The van der Waals surface area contributed by atoms with Crippen LogP contribution in [0.1, 0.15) is 47.3 Å². The lowest BCUT2D eigenvalue weighted by atomic mass is 9.94. The average molecular weight is 577 g/mol. The molecule has 0 spiro atoms. The minimum atomic E-state index is -1.01. The summed E-state index contributed by atoms with van der Waals surface area (Å²) < 4.78 is 11.3. The summed E-state index contributed by atoms with van der Waals surface area (Å²) in [4.78, 5) is 44.9. The van der Waals surface area contributed by atoms with Crippen molar-refractivity contribution >= 4 is 61.7 Å². The van der Waals surface area contributed by atoms with Crippen LogP contribution in [0.3, 0.4) is 0 Å². The van der Waals surface area contributed by atoms with Crippen molar-refractivity contribution in [2.24, 2.45) is 0 Å². The predicted octanol–water partition coefficient (Wildman–Crippen LogP) is 6.54. The average Bonchev–Trinajstić information content (AvgIpc) is 3.50. The van der Waals surface area contributed by atoms with E-state index in [4.69, 9.17) is 21.1 Å². The van der Waals surface area contributed by atoms with Gasteiger partial charge in [0.1, 0.15) is 11.5 Å². The Labute approximate surface area is 239 Å².